The molecule has 1 saturated carbocycles. The van der Waals surface area contributed by atoms with Gasteiger partial charge in [-0.3, -0.25) is 4.90 Å². The zero-order chi connectivity index (χ0) is 14.5. The summed E-state index contributed by atoms with van der Waals surface area (Å²) < 4.78 is 0. The molecule has 0 aromatic carbocycles. The van der Waals surface area contributed by atoms with Crippen molar-refractivity contribution in [1.82, 2.24) is 10.2 Å². The van der Waals surface area contributed by atoms with Crippen LogP contribution in [0.15, 0.2) is 0 Å². The van der Waals surface area contributed by atoms with Crippen LogP contribution in [0.1, 0.15) is 53.9 Å². The van der Waals surface area contributed by atoms with Gasteiger partial charge in [0.2, 0.25) is 0 Å². The van der Waals surface area contributed by atoms with Gasteiger partial charge >= 0.3 is 0 Å². The number of nitrogens with zero attached hydrogens (tertiary/aromatic N) is 1. The third-order valence-corrected chi connectivity index (χ3v) is 4.15. The maximum Gasteiger partial charge on any atom is 0.0613 e. The SMILES string of the molecule is CCNC1(CO)CCC(N(CC(C)C)CC(C)C)C1. The summed E-state index contributed by atoms with van der Waals surface area (Å²) in [4.78, 5) is 2.66. The van der Waals surface area contributed by atoms with Crippen LogP contribution < -0.4 is 5.32 Å². The Morgan fingerprint density at radius 3 is 2.21 bits per heavy atom. The van der Waals surface area contributed by atoms with Gasteiger partial charge in [0.15, 0.2) is 0 Å². The Morgan fingerprint density at radius 2 is 1.79 bits per heavy atom. The summed E-state index contributed by atoms with van der Waals surface area (Å²) in [6.07, 6.45) is 3.42. The van der Waals surface area contributed by atoms with Crippen LogP contribution in [0.3, 0.4) is 0 Å². The third kappa shape index (κ3) is 5.05. The summed E-state index contributed by atoms with van der Waals surface area (Å²) in [5.41, 5.74) is -0.0222. The van der Waals surface area contributed by atoms with Crippen molar-refractivity contribution >= 4 is 0 Å². The van der Waals surface area contributed by atoms with E-state index < -0.39 is 0 Å². The highest BCUT2D eigenvalue weighted by Gasteiger charge is 2.40. The van der Waals surface area contributed by atoms with E-state index in [2.05, 4.69) is 44.8 Å². The first-order valence-corrected chi connectivity index (χ1v) is 8.02. The molecule has 0 saturated heterocycles. The average molecular weight is 270 g/mol. The number of likely N-dealkylation sites (N-methyl/N-ethyl adjacent to an activating group) is 1. The zero-order valence-corrected chi connectivity index (χ0v) is 13.6. The normalized spacial score (nSPS) is 27.9. The number of hydrogen-bond acceptors (Lipinski definition) is 3. The predicted octanol–water partition coefficient (Wildman–Crippen LogP) is 2.49. The molecule has 0 bridgehead atoms. The fourth-order valence-electron chi connectivity index (χ4n) is 3.46. The van der Waals surface area contributed by atoms with Crippen molar-refractivity contribution in [1.29, 1.82) is 0 Å². The number of aliphatic hydroxyl groups excluding tert-OH is 1. The second-order valence-corrected chi connectivity index (χ2v) is 7.11. The molecule has 1 aliphatic rings. The van der Waals surface area contributed by atoms with E-state index in [1.807, 2.05) is 0 Å². The van der Waals surface area contributed by atoms with Crippen molar-refractivity contribution in [3.8, 4) is 0 Å². The van der Waals surface area contributed by atoms with Gasteiger partial charge in [-0.25, -0.2) is 0 Å². The first kappa shape index (κ1) is 16.9. The van der Waals surface area contributed by atoms with Crippen molar-refractivity contribution in [2.75, 3.05) is 26.2 Å². The monoisotopic (exact) mass is 270 g/mol. The second-order valence-electron chi connectivity index (χ2n) is 7.11. The van der Waals surface area contributed by atoms with Gasteiger partial charge in [-0.2, -0.15) is 0 Å². The van der Waals surface area contributed by atoms with Crippen LogP contribution in [0.25, 0.3) is 0 Å². The predicted molar refractivity (Wildman–Crippen MR) is 82.4 cm³/mol. The molecule has 0 aliphatic heterocycles. The van der Waals surface area contributed by atoms with Crippen molar-refractivity contribution < 1.29 is 5.11 Å². The highest BCUT2D eigenvalue weighted by atomic mass is 16.3. The lowest BCUT2D eigenvalue weighted by Gasteiger charge is -2.34. The Morgan fingerprint density at radius 1 is 1.21 bits per heavy atom. The van der Waals surface area contributed by atoms with Crippen LogP contribution in [-0.2, 0) is 0 Å². The molecule has 0 aromatic heterocycles. The van der Waals surface area contributed by atoms with E-state index in [1.54, 1.807) is 0 Å². The van der Waals surface area contributed by atoms with Crippen molar-refractivity contribution in [3.05, 3.63) is 0 Å². The Hall–Kier alpha value is -0.120. The van der Waals surface area contributed by atoms with Crippen molar-refractivity contribution in [3.63, 3.8) is 0 Å². The van der Waals surface area contributed by atoms with Crippen LogP contribution in [0.4, 0.5) is 0 Å². The molecule has 0 radical (unpaired) electrons. The number of nitrogens with one attached hydrogen (secondary N) is 1. The standard InChI is InChI=1S/C16H34N2O/c1-6-17-16(12-19)8-7-15(9-16)18(10-13(2)3)11-14(4)5/h13-15,17,19H,6-12H2,1-5H3. The van der Waals surface area contributed by atoms with Crippen LogP contribution in [0.2, 0.25) is 0 Å². The first-order chi connectivity index (χ1) is 8.92. The smallest absolute Gasteiger partial charge is 0.0613 e. The van der Waals surface area contributed by atoms with Gasteiger partial charge in [0, 0.05) is 24.7 Å². The van der Waals surface area contributed by atoms with Crippen LogP contribution >= 0.6 is 0 Å². The maximum absolute atomic E-state index is 9.73. The summed E-state index contributed by atoms with van der Waals surface area (Å²) in [6, 6.07) is 0.635. The summed E-state index contributed by atoms with van der Waals surface area (Å²) in [5, 5.41) is 13.3. The minimum Gasteiger partial charge on any atom is -0.394 e. The molecule has 2 atom stereocenters. The summed E-state index contributed by atoms with van der Waals surface area (Å²) in [5.74, 6) is 1.42. The third-order valence-electron chi connectivity index (χ3n) is 4.15. The van der Waals surface area contributed by atoms with Gasteiger partial charge in [-0.1, -0.05) is 34.6 Å². The molecule has 0 heterocycles. The lowest BCUT2D eigenvalue weighted by atomic mass is 9.98. The molecule has 2 unspecified atom stereocenters. The van der Waals surface area contributed by atoms with Crippen molar-refractivity contribution in [2.24, 2.45) is 11.8 Å². The summed E-state index contributed by atoms with van der Waals surface area (Å²) in [7, 11) is 0. The van der Waals surface area contributed by atoms with Gasteiger partial charge < -0.3 is 10.4 Å². The highest BCUT2D eigenvalue weighted by molar-refractivity contribution is 4.99. The molecule has 0 amide bonds. The average Bonchev–Trinajstić information content (AvgIpc) is 2.72. The fourth-order valence-corrected chi connectivity index (χ4v) is 3.46. The second kappa shape index (κ2) is 7.61. The van der Waals surface area contributed by atoms with E-state index >= 15 is 0 Å². The molecular weight excluding hydrogens is 236 g/mol. The minimum atomic E-state index is -0.0222. The van der Waals surface area contributed by atoms with E-state index in [1.165, 1.54) is 19.5 Å². The van der Waals surface area contributed by atoms with E-state index in [0.717, 1.165) is 19.4 Å². The highest BCUT2D eigenvalue weighted by Crippen LogP contribution is 2.33. The van der Waals surface area contributed by atoms with Gasteiger partial charge in [-0.05, 0) is 37.6 Å². The topological polar surface area (TPSA) is 35.5 Å². The molecule has 0 aromatic rings. The minimum absolute atomic E-state index is 0.0222. The number of rotatable bonds is 8. The largest absolute Gasteiger partial charge is 0.394 e. The molecule has 0 spiro atoms. The molecular formula is C16H34N2O. The Bertz CT molecular complexity index is 245. The van der Waals surface area contributed by atoms with Gasteiger partial charge in [0.25, 0.3) is 0 Å². The molecule has 3 nitrogen and oxygen atoms in total. The molecule has 3 heteroatoms. The molecule has 1 aliphatic carbocycles. The zero-order valence-electron chi connectivity index (χ0n) is 13.6. The maximum atomic E-state index is 9.73. The molecule has 2 N–H and O–H groups in total. The molecule has 19 heavy (non-hydrogen) atoms. The van der Waals surface area contributed by atoms with Gasteiger partial charge in [-0.15, -0.1) is 0 Å². The Balaban J connectivity index is 2.65. The van der Waals surface area contributed by atoms with Crippen LogP contribution in [-0.4, -0.2) is 47.8 Å². The Kier molecular flexibility index (Phi) is 6.78. The number of hydrogen-bond donors (Lipinski definition) is 2. The van der Waals surface area contributed by atoms with Gasteiger partial charge in [0.1, 0.15) is 0 Å². The fraction of sp³-hybridized carbons (Fsp3) is 1.00. The van der Waals surface area contributed by atoms with E-state index in [9.17, 15) is 5.11 Å². The van der Waals surface area contributed by atoms with Crippen LogP contribution in [0, 0.1) is 11.8 Å². The summed E-state index contributed by atoms with van der Waals surface area (Å²) >= 11 is 0. The van der Waals surface area contributed by atoms with Crippen LogP contribution in [0.5, 0.6) is 0 Å². The number of aliphatic hydroxyl groups is 1. The molecule has 1 fully saturated rings. The first-order valence-electron chi connectivity index (χ1n) is 8.02. The van der Waals surface area contributed by atoms with E-state index in [-0.39, 0.29) is 12.1 Å². The quantitative estimate of drug-likeness (QED) is 0.711. The lowest BCUT2D eigenvalue weighted by Crippen LogP contribution is -2.48. The Labute approximate surface area is 119 Å². The van der Waals surface area contributed by atoms with E-state index in [4.69, 9.17) is 0 Å². The molecule has 1 rings (SSSR count). The molecule has 114 valence electrons. The lowest BCUT2D eigenvalue weighted by molar-refractivity contribution is 0.128. The van der Waals surface area contributed by atoms with E-state index in [0.29, 0.717) is 17.9 Å². The van der Waals surface area contributed by atoms with Crippen molar-refractivity contribution in [2.45, 2.75) is 65.5 Å². The summed E-state index contributed by atoms with van der Waals surface area (Å²) in [6.45, 7) is 14.9. The van der Waals surface area contributed by atoms with Gasteiger partial charge in [0.05, 0.1) is 6.61 Å².